The third-order valence-electron chi connectivity index (χ3n) is 4.67. The first kappa shape index (κ1) is 19.8. The van der Waals surface area contributed by atoms with E-state index in [4.69, 9.17) is 21.8 Å². The van der Waals surface area contributed by atoms with E-state index in [1.54, 1.807) is 12.1 Å². The van der Waals surface area contributed by atoms with E-state index in [0.29, 0.717) is 16.7 Å². The van der Waals surface area contributed by atoms with Crippen molar-refractivity contribution in [3.05, 3.63) is 46.8 Å². The van der Waals surface area contributed by atoms with Crippen LogP contribution in [-0.4, -0.2) is 38.8 Å². The molecule has 0 bridgehead atoms. The van der Waals surface area contributed by atoms with Crippen LogP contribution in [0.3, 0.4) is 0 Å². The van der Waals surface area contributed by atoms with Crippen LogP contribution in [-0.2, 0) is 16.1 Å². The number of carboxylic acids is 1. The van der Waals surface area contributed by atoms with Gasteiger partial charge in [0.1, 0.15) is 23.6 Å². The van der Waals surface area contributed by atoms with Crippen molar-refractivity contribution in [2.75, 3.05) is 5.73 Å². The van der Waals surface area contributed by atoms with Gasteiger partial charge in [0, 0.05) is 24.1 Å². The molecule has 1 unspecified atom stereocenters. The zero-order valence-corrected chi connectivity index (χ0v) is 15.1. The summed E-state index contributed by atoms with van der Waals surface area (Å²) in [5, 5.41) is 17.8. The fourth-order valence-electron chi connectivity index (χ4n) is 3.25. The molecule has 9 nitrogen and oxygen atoms in total. The molecule has 1 aromatic heterocycles. The normalized spacial score (nSPS) is 13.7. The number of anilines is 1. The molecule has 2 amide bonds. The van der Waals surface area contributed by atoms with Gasteiger partial charge in [-0.15, -0.1) is 0 Å². The molecule has 0 saturated heterocycles. The number of amides is 2. The summed E-state index contributed by atoms with van der Waals surface area (Å²) in [4.78, 5) is 40.4. The molecule has 1 aliphatic heterocycles. The number of carbonyl (C=O) groups is 3. The highest BCUT2D eigenvalue weighted by Crippen LogP contribution is 2.31. The average Bonchev–Trinajstić information content (AvgIpc) is 2.98. The molecular formula is C19H16FN5O4. The lowest BCUT2D eigenvalue weighted by atomic mass is 10.0. The Morgan fingerprint density at radius 2 is 2.10 bits per heavy atom. The first-order valence-electron chi connectivity index (χ1n) is 8.54. The van der Waals surface area contributed by atoms with Crippen LogP contribution in [0.15, 0.2) is 24.3 Å². The van der Waals surface area contributed by atoms with Crippen LogP contribution < -0.4 is 11.5 Å². The van der Waals surface area contributed by atoms with Crippen LogP contribution in [0.25, 0.3) is 11.3 Å². The standard InChI is InChI=1S/C19H16FN5O4/c20-13-6-10(7-21)17(22)24-16(13)9-1-2-12-11(5-9)8-25(19(12)29)14(18(23)28)3-4-15(26)27/h1-2,5-6,14H,3-4,8H2,(H2,22,24)(H2,23,28)(H,26,27). The largest absolute Gasteiger partial charge is 0.481 e. The van der Waals surface area contributed by atoms with Crippen molar-refractivity contribution >= 4 is 23.6 Å². The van der Waals surface area contributed by atoms with E-state index < -0.39 is 29.6 Å². The first-order chi connectivity index (χ1) is 13.7. The number of nitriles is 1. The number of carbonyl (C=O) groups excluding carboxylic acids is 2. The minimum atomic E-state index is -1.11. The van der Waals surface area contributed by atoms with Crippen LogP contribution >= 0.6 is 0 Å². The number of halogens is 1. The van der Waals surface area contributed by atoms with Crippen molar-refractivity contribution in [3.63, 3.8) is 0 Å². The van der Waals surface area contributed by atoms with Gasteiger partial charge in [0.05, 0.1) is 5.56 Å². The van der Waals surface area contributed by atoms with E-state index in [-0.39, 0.29) is 36.5 Å². The number of carboxylic acid groups (broad SMARTS) is 1. The molecule has 3 rings (SSSR count). The average molecular weight is 397 g/mol. The topological polar surface area (TPSA) is 163 Å². The Morgan fingerprint density at radius 1 is 1.38 bits per heavy atom. The van der Waals surface area contributed by atoms with Gasteiger partial charge in [-0.05, 0) is 30.2 Å². The SMILES string of the molecule is N#Cc1cc(F)c(-c2ccc3c(c2)CN(C(CCC(=O)O)C(N)=O)C3=O)nc1N. The molecule has 1 aromatic carbocycles. The van der Waals surface area contributed by atoms with E-state index in [9.17, 15) is 18.8 Å². The molecule has 29 heavy (non-hydrogen) atoms. The molecule has 5 N–H and O–H groups in total. The zero-order chi connectivity index (χ0) is 21.3. The lowest BCUT2D eigenvalue weighted by Crippen LogP contribution is -2.45. The van der Waals surface area contributed by atoms with Crippen LogP contribution in [0.5, 0.6) is 0 Å². The second-order valence-electron chi connectivity index (χ2n) is 6.52. The third-order valence-corrected chi connectivity index (χ3v) is 4.67. The summed E-state index contributed by atoms with van der Waals surface area (Å²) in [5.74, 6) is -3.24. The molecule has 1 atom stereocenters. The fourth-order valence-corrected chi connectivity index (χ4v) is 3.25. The first-order valence-corrected chi connectivity index (χ1v) is 8.54. The number of nitrogen functional groups attached to an aromatic ring is 1. The van der Waals surface area contributed by atoms with Gasteiger partial charge in [0.2, 0.25) is 5.91 Å². The van der Waals surface area contributed by atoms with Crippen molar-refractivity contribution in [3.8, 4) is 17.3 Å². The second kappa shape index (κ2) is 7.55. The monoisotopic (exact) mass is 397 g/mol. The Hall–Kier alpha value is -4.00. The maximum Gasteiger partial charge on any atom is 0.303 e. The summed E-state index contributed by atoms with van der Waals surface area (Å²) >= 11 is 0. The maximum absolute atomic E-state index is 14.4. The number of aliphatic carboxylic acids is 1. The minimum absolute atomic E-state index is 0.0165. The Balaban J connectivity index is 1.94. The van der Waals surface area contributed by atoms with E-state index in [2.05, 4.69) is 4.98 Å². The fraction of sp³-hybridized carbons (Fsp3) is 0.211. The molecule has 0 radical (unpaired) electrons. The molecular weight excluding hydrogens is 381 g/mol. The van der Waals surface area contributed by atoms with E-state index in [0.717, 1.165) is 6.07 Å². The van der Waals surface area contributed by atoms with Crippen LogP contribution in [0.2, 0.25) is 0 Å². The van der Waals surface area contributed by atoms with E-state index in [1.807, 2.05) is 0 Å². The van der Waals surface area contributed by atoms with Gasteiger partial charge in [-0.25, -0.2) is 9.37 Å². The quantitative estimate of drug-likeness (QED) is 0.655. The van der Waals surface area contributed by atoms with Crippen LogP contribution in [0.1, 0.15) is 34.3 Å². The van der Waals surface area contributed by atoms with Crippen molar-refractivity contribution in [2.45, 2.75) is 25.4 Å². The lowest BCUT2D eigenvalue weighted by Gasteiger charge is -2.24. The number of fused-ring (bicyclic) bond motifs is 1. The van der Waals surface area contributed by atoms with Gasteiger partial charge in [-0.1, -0.05) is 6.07 Å². The summed E-state index contributed by atoms with van der Waals surface area (Å²) in [6, 6.07) is 6.15. The molecule has 0 saturated carbocycles. The van der Waals surface area contributed by atoms with Crippen molar-refractivity contribution in [1.82, 2.24) is 9.88 Å². The molecule has 2 aromatic rings. The number of hydrogen-bond acceptors (Lipinski definition) is 6. The number of benzene rings is 1. The van der Waals surface area contributed by atoms with Gasteiger partial charge in [0.15, 0.2) is 5.82 Å². The van der Waals surface area contributed by atoms with Gasteiger partial charge in [-0.2, -0.15) is 5.26 Å². The molecule has 2 heterocycles. The summed E-state index contributed by atoms with van der Waals surface area (Å²) in [6.45, 7) is 0.0165. The van der Waals surface area contributed by atoms with Crippen molar-refractivity contribution in [2.24, 2.45) is 5.73 Å². The van der Waals surface area contributed by atoms with Crippen LogP contribution in [0, 0.1) is 17.1 Å². The van der Waals surface area contributed by atoms with Crippen molar-refractivity contribution in [1.29, 1.82) is 5.26 Å². The number of nitrogens with zero attached hydrogens (tertiary/aromatic N) is 3. The molecule has 0 spiro atoms. The lowest BCUT2D eigenvalue weighted by molar-refractivity contribution is -0.137. The molecule has 10 heteroatoms. The Morgan fingerprint density at radius 3 is 2.72 bits per heavy atom. The number of aromatic nitrogens is 1. The summed E-state index contributed by atoms with van der Waals surface area (Å²) in [5.41, 5.74) is 12.0. The molecule has 1 aliphatic rings. The van der Waals surface area contributed by atoms with E-state index in [1.165, 1.54) is 17.0 Å². The molecule has 0 fully saturated rings. The van der Waals surface area contributed by atoms with Gasteiger partial charge < -0.3 is 21.5 Å². The Bertz CT molecular complexity index is 1080. The third kappa shape index (κ3) is 3.70. The number of rotatable bonds is 6. The maximum atomic E-state index is 14.4. The van der Waals surface area contributed by atoms with Gasteiger partial charge >= 0.3 is 5.97 Å². The highest BCUT2D eigenvalue weighted by Gasteiger charge is 2.35. The number of primary amides is 1. The van der Waals surface area contributed by atoms with Gasteiger partial charge in [0.25, 0.3) is 5.91 Å². The number of hydrogen-bond donors (Lipinski definition) is 3. The van der Waals surface area contributed by atoms with Crippen LogP contribution in [0.4, 0.5) is 10.2 Å². The predicted octanol–water partition coefficient (Wildman–Crippen LogP) is 1.02. The predicted molar refractivity (Wildman–Crippen MR) is 98.5 cm³/mol. The smallest absolute Gasteiger partial charge is 0.303 e. The molecule has 148 valence electrons. The summed E-state index contributed by atoms with van der Waals surface area (Å²) < 4.78 is 14.4. The Kier molecular flexibility index (Phi) is 5.14. The van der Waals surface area contributed by atoms with E-state index >= 15 is 0 Å². The highest BCUT2D eigenvalue weighted by atomic mass is 19.1. The highest BCUT2D eigenvalue weighted by molar-refractivity contribution is 6.01. The summed E-state index contributed by atoms with van der Waals surface area (Å²) in [7, 11) is 0. The number of nitrogens with two attached hydrogens (primary N) is 2. The van der Waals surface area contributed by atoms with Gasteiger partial charge in [-0.3, -0.25) is 14.4 Å². The van der Waals surface area contributed by atoms with Crippen molar-refractivity contribution < 1.29 is 23.9 Å². The minimum Gasteiger partial charge on any atom is -0.481 e. The Labute approximate surface area is 164 Å². The number of pyridine rings is 1. The second-order valence-corrected chi connectivity index (χ2v) is 6.52. The summed E-state index contributed by atoms with van der Waals surface area (Å²) in [6.07, 6.45) is -0.432. The molecule has 0 aliphatic carbocycles. The zero-order valence-electron chi connectivity index (χ0n) is 15.1.